The number of nitrogens with one attached hydrogen (secondary N) is 1. The standard InChI is InChI=1S/C31H32N2O2/c34-30(31(35)32-22-26-15-7-2-8-16-26)29(21-25-13-5-1-6-14-25)33(23-27-17-9-3-10-18-27)24-28-19-11-4-12-20-28/h1-20,29-30,34H,21-24H2,(H,32,35). The fourth-order valence-corrected chi connectivity index (χ4v) is 4.29. The Labute approximate surface area is 207 Å². The molecular weight excluding hydrogens is 432 g/mol. The minimum Gasteiger partial charge on any atom is -0.382 e. The normalized spacial score (nSPS) is 12.7. The van der Waals surface area contributed by atoms with Crippen LogP contribution in [0.15, 0.2) is 121 Å². The Hall–Kier alpha value is -3.73. The molecule has 4 nitrogen and oxygen atoms in total. The maximum atomic E-state index is 13.2. The summed E-state index contributed by atoms with van der Waals surface area (Å²) in [5.41, 5.74) is 4.35. The minimum atomic E-state index is -1.19. The predicted octanol–water partition coefficient (Wildman–Crippen LogP) is 4.98. The number of carbonyl (C=O) groups is 1. The van der Waals surface area contributed by atoms with Gasteiger partial charge < -0.3 is 10.4 Å². The lowest BCUT2D eigenvalue weighted by atomic mass is 9.97. The lowest BCUT2D eigenvalue weighted by molar-refractivity contribution is -0.133. The third kappa shape index (κ3) is 7.38. The molecule has 0 aliphatic rings. The number of benzene rings is 4. The Morgan fingerprint density at radius 2 is 1.03 bits per heavy atom. The Morgan fingerprint density at radius 3 is 1.49 bits per heavy atom. The van der Waals surface area contributed by atoms with Gasteiger partial charge in [0, 0.05) is 25.7 Å². The van der Waals surface area contributed by atoms with E-state index in [2.05, 4.69) is 34.5 Å². The summed E-state index contributed by atoms with van der Waals surface area (Å²) in [4.78, 5) is 15.4. The van der Waals surface area contributed by atoms with Crippen LogP contribution in [-0.2, 0) is 30.8 Å². The molecule has 0 bridgehead atoms. The summed E-state index contributed by atoms with van der Waals surface area (Å²) < 4.78 is 0. The molecule has 2 unspecified atom stereocenters. The van der Waals surface area contributed by atoms with Gasteiger partial charge >= 0.3 is 0 Å². The van der Waals surface area contributed by atoms with Crippen LogP contribution >= 0.6 is 0 Å². The molecule has 4 heteroatoms. The Bertz CT molecular complexity index is 1110. The summed E-state index contributed by atoms with van der Waals surface area (Å²) in [6, 6.07) is 39.8. The Balaban J connectivity index is 1.60. The zero-order chi connectivity index (χ0) is 24.3. The van der Waals surface area contributed by atoms with Gasteiger partial charge in [0.15, 0.2) is 0 Å². The van der Waals surface area contributed by atoms with Gasteiger partial charge in [0.25, 0.3) is 5.91 Å². The smallest absolute Gasteiger partial charge is 0.250 e. The van der Waals surface area contributed by atoms with Crippen molar-refractivity contribution in [2.24, 2.45) is 0 Å². The Morgan fingerprint density at radius 1 is 0.629 bits per heavy atom. The number of hydrogen-bond acceptors (Lipinski definition) is 3. The van der Waals surface area contributed by atoms with Gasteiger partial charge in [-0.05, 0) is 28.7 Å². The molecule has 1 amide bonds. The highest BCUT2D eigenvalue weighted by Crippen LogP contribution is 2.20. The summed E-state index contributed by atoms with van der Waals surface area (Å²) in [5.74, 6) is -0.360. The molecule has 0 radical (unpaired) electrons. The Kier molecular flexibility index (Phi) is 8.82. The van der Waals surface area contributed by atoms with Crippen molar-refractivity contribution < 1.29 is 9.90 Å². The third-order valence-electron chi connectivity index (χ3n) is 6.16. The van der Waals surface area contributed by atoms with E-state index in [1.54, 1.807) is 0 Å². The first-order valence-corrected chi connectivity index (χ1v) is 12.0. The molecular formula is C31H32N2O2. The number of carbonyl (C=O) groups excluding carboxylic acids is 1. The van der Waals surface area contributed by atoms with E-state index in [0.29, 0.717) is 26.1 Å². The predicted molar refractivity (Wildman–Crippen MR) is 140 cm³/mol. The van der Waals surface area contributed by atoms with Crippen molar-refractivity contribution in [2.75, 3.05) is 0 Å². The second kappa shape index (κ2) is 12.7. The van der Waals surface area contributed by atoms with Crippen LogP contribution in [0.5, 0.6) is 0 Å². The van der Waals surface area contributed by atoms with Gasteiger partial charge in [-0.15, -0.1) is 0 Å². The van der Waals surface area contributed by atoms with Crippen molar-refractivity contribution in [1.82, 2.24) is 10.2 Å². The molecule has 0 aliphatic heterocycles. The largest absolute Gasteiger partial charge is 0.382 e. The zero-order valence-corrected chi connectivity index (χ0v) is 19.8. The molecule has 4 aromatic carbocycles. The molecule has 0 fully saturated rings. The van der Waals surface area contributed by atoms with E-state index in [4.69, 9.17) is 0 Å². The number of hydrogen-bond donors (Lipinski definition) is 2. The second-order valence-electron chi connectivity index (χ2n) is 8.78. The minimum absolute atomic E-state index is 0.360. The lowest BCUT2D eigenvalue weighted by Crippen LogP contribution is -2.51. The first kappa shape index (κ1) is 24.4. The van der Waals surface area contributed by atoms with Crippen molar-refractivity contribution >= 4 is 5.91 Å². The van der Waals surface area contributed by atoms with Gasteiger partial charge in [0.05, 0.1) is 0 Å². The molecule has 178 valence electrons. The first-order valence-electron chi connectivity index (χ1n) is 12.0. The van der Waals surface area contributed by atoms with E-state index in [-0.39, 0.29) is 5.91 Å². The molecule has 0 aliphatic carbocycles. The van der Waals surface area contributed by atoms with Crippen molar-refractivity contribution in [3.63, 3.8) is 0 Å². The number of aliphatic hydroxyl groups is 1. The lowest BCUT2D eigenvalue weighted by Gasteiger charge is -2.35. The van der Waals surface area contributed by atoms with Crippen molar-refractivity contribution in [1.29, 1.82) is 0 Å². The molecule has 4 rings (SSSR count). The summed E-state index contributed by atoms with van der Waals surface area (Å²) in [6.45, 7) is 1.62. The molecule has 0 saturated carbocycles. The number of amides is 1. The number of aliphatic hydroxyl groups excluding tert-OH is 1. The zero-order valence-electron chi connectivity index (χ0n) is 19.8. The topological polar surface area (TPSA) is 52.6 Å². The summed E-state index contributed by atoms with van der Waals surface area (Å²) in [5, 5.41) is 14.3. The number of rotatable bonds is 11. The highest BCUT2D eigenvalue weighted by atomic mass is 16.3. The van der Waals surface area contributed by atoms with Crippen LogP contribution in [0, 0.1) is 0 Å². The van der Waals surface area contributed by atoms with Gasteiger partial charge in [0.1, 0.15) is 6.10 Å². The van der Waals surface area contributed by atoms with Crippen LogP contribution in [0.1, 0.15) is 22.3 Å². The first-order chi connectivity index (χ1) is 17.2. The fourth-order valence-electron chi connectivity index (χ4n) is 4.29. The van der Waals surface area contributed by atoms with E-state index in [0.717, 1.165) is 22.3 Å². The van der Waals surface area contributed by atoms with Crippen LogP contribution in [0.3, 0.4) is 0 Å². The van der Waals surface area contributed by atoms with Crippen molar-refractivity contribution in [3.05, 3.63) is 144 Å². The van der Waals surface area contributed by atoms with E-state index in [9.17, 15) is 9.90 Å². The maximum absolute atomic E-state index is 13.2. The van der Waals surface area contributed by atoms with Gasteiger partial charge in [0.2, 0.25) is 0 Å². The van der Waals surface area contributed by atoms with Gasteiger partial charge in [-0.2, -0.15) is 0 Å². The molecule has 2 atom stereocenters. The van der Waals surface area contributed by atoms with E-state index in [1.807, 2.05) is 97.1 Å². The molecule has 0 aromatic heterocycles. The summed E-state index contributed by atoms with van der Waals surface area (Å²) in [7, 11) is 0. The van der Waals surface area contributed by atoms with Crippen LogP contribution in [-0.4, -0.2) is 28.1 Å². The van der Waals surface area contributed by atoms with Crippen LogP contribution in [0.4, 0.5) is 0 Å². The quantitative estimate of drug-likeness (QED) is 0.329. The van der Waals surface area contributed by atoms with Crippen LogP contribution in [0.2, 0.25) is 0 Å². The molecule has 0 spiro atoms. The van der Waals surface area contributed by atoms with Crippen molar-refractivity contribution in [3.8, 4) is 0 Å². The fraction of sp³-hybridized carbons (Fsp3) is 0.194. The summed E-state index contributed by atoms with van der Waals surface area (Å²) >= 11 is 0. The van der Waals surface area contributed by atoms with Crippen LogP contribution in [0.25, 0.3) is 0 Å². The maximum Gasteiger partial charge on any atom is 0.250 e. The van der Waals surface area contributed by atoms with Crippen molar-refractivity contribution in [2.45, 2.75) is 38.2 Å². The highest BCUT2D eigenvalue weighted by molar-refractivity contribution is 5.81. The molecule has 2 N–H and O–H groups in total. The molecule has 4 aromatic rings. The van der Waals surface area contributed by atoms with Crippen LogP contribution < -0.4 is 5.32 Å². The van der Waals surface area contributed by atoms with E-state index in [1.165, 1.54) is 0 Å². The monoisotopic (exact) mass is 464 g/mol. The molecule has 35 heavy (non-hydrogen) atoms. The summed E-state index contributed by atoms with van der Waals surface area (Å²) in [6.07, 6.45) is -0.633. The molecule has 0 saturated heterocycles. The average Bonchev–Trinajstić information content (AvgIpc) is 2.92. The van der Waals surface area contributed by atoms with Gasteiger partial charge in [-0.25, -0.2) is 0 Å². The SMILES string of the molecule is O=C(NCc1ccccc1)C(O)C(Cc1ccccc1)N(Cc1ccccc1)Cc1ccccc1. The van der Waals surface area contributed by atoms with E-state index < -0.39 is 12.1 Å². The second-order valence-corrected chi connectivity index (χ2v) is 8.78. The van der Waals surface area contributed by atoms with E-state index >= 15 is 0 Å². The van der Waals surface area contributed by atoms with Gasteiger partial charge in [-0.1, -0.05) is 121 Å². The average molecular weight is 465 g/mol. The third-order valence-corrected chi connectivity index (χ3v) is 6.16. The molecule has 0 heterocycles. The highest BCUT2D eigenvalue weighted by Gasteiger charge is 2.31. The number of nitrogens with zero attached hydrogens (tertiary/aromatic N) is 1. The van der Waals surface area contributed by atoms with Gasteiger partial charge in [-0.3, -0.25) is 9.69 Å².